The zero-order valence-electron chi connectivity index (χ0n) is 8.99. The van der Waals surface area contributed by atoms with E-state index < -0.39 is 9.84 Å². The first-order chi connectivity index (χ1) is 7.48. The number of benzene rings is 1. The third-order valence-corrected chi connectivity index (χ3v) is 5.74. The third-order valence-electron chi connectivity index (χ3n) is 2.73. The molecule has 0 fully saturated rings. The van der Waals surface area contributed by atoms with Crippen LogP contribution in [0, 0.1) is 0 Å². The van der Waals surface area contributed by atoms with Crippen LogP contribution < -0.4 is 5.32 Å². The molecule has 1 aromatic carbocycles. The van der Waals surface area contributed by atoms with Crippen LogP contribution in [0.25, 0.3) is 6.08 Å². The molecule has 0 aromatic heterocycles. The summed E-state index contributed by atoms with van der Waals surface area (Å²) in [5.41, 5.74) is 0.756. The summed E-state index contributed by atoms with van der Waals surface area (Å²) in [6.07, 6.45) is 1.73. The highest BCUT2D eigenvalue weighted by atomic mass is 79.9. The molecular weight excluding hydrogens is 290 g/mol. The third kappa shape index (κ3) is 1.63. The lowest BCUT2D eigenvalue weighted by Gasteiger charge is -2.11. The van der Waals surface area contributed by atoms with Gasteiger partial charge in [0, 0.05) is 10.5 Å². The van der Waals surface area contributed by atoms with E-state index in [1.54, 1.807) is 19.2 Å². The molecule has 0 bridgehead atoms. The molecule has 5 heteroatoms. The molecule has 2 rings (SSSR count). The Morgan fingerprint density at radius 2 is 2.06 bits per heavy atom. The summed E-state index contributed by atoms with van der Waals surface area (Å²) in [7, 11) is -1.59. The van der Waals surface area contributed by atoms with Crippen molar-refractivity contribution in [3.8, 4) is 0 Å². The van der Waals surface area contributed by atoms with Gasteiger partial charge in [-0.05, 0) is 47.6 Å². The summed E-state index contributed by atoms with van der Waals surface area (Å²) in [5.74, 6) is 0. The molecule has 1 aliphatic heterocycles. The minimum Gasteiger partial charge on any atom is -0.313 e. The van der Waals surface area contributed by atoms with Crippen LogP contribution in [0.2, 0.25) is 0 Å². The minimum absolute atomic E-state index is 0.177. The van der Waals surface area contributed by atoms with Crippen molar-refractivity contribution in [2.75, 3.05) is 7.05 Å². The zero-order chi connectivity index (χ0) is 11.9. The number of likely N-dealkylation sites (N-methyl/N-ethyl adjacent to an activating group) is 1. The van der Waals surface area contributed by atoms with E-state index in [1.165, 1.54) is 0 Å². The maximum Gasteiger partial charge on any atom is 0.206 e. The summed E-state index contributed by atoms with van der Waals surface area (Å²) >= 11 is 3.29. The van der Waals surface area contributed by atoms with Crippen molar-refractivity contribution in [3.63, 3.8) is 0 Å². The van der Waals surface area contributed by atoms with Crippen LogP contribution >= 0.6 is 15.9 Å². The van der Waals surface area contributed by atoms with Gasteiger partial charge in [-0.15, -0.1) is 0 Å². The molecule has 0 amide bonds. The van der Waals surface area contributed by atoms with E-state index in [4.69, 9.17) is 0 Å². The van der Waals surface area contributed by atoms with Gasteiger partial charge in [0.1, 0.15) is 0 Å². The predicted molar refractivity (Wildman–Crippen MR) is 67.8 cm³/mol. The van der Waals surface area contributed by atoms with Crippen LogP contribution in [0.4, 0.5) is 0 Å². The van der Waals surface area contributed by atoms with Crippen LogP contribution in [0.5, 0.6) is 0 Å². The Labute approximate surface area is 104 Å². The van der Waals surface area contributed by atoms with Gasteiger partial charge in [0.05, 0.1) is 9.80 Å². The van der Waals surface area contributed by atoms with E-state index in [1.807, 2.05) is 19.1 Å². The molecule has 0 saturated carbocycles. The van der Waals surface area contributed by atoms with Crippen LogP contribution in [-0.2, 0) is 9.84 Å². The van der Waals surface area contributed by atoms with Gasteiger partial charge in [0.2, 0.25) is 9.84 Å². The first-order valence-electron chi connectivity index (χ1n) is 4.91. The van der Waals surface area contributed by atoms with Crippen molar-refractivity contribution >= 4 is 31.8 Å². The Kier molecular flexibility index (Phi) is 2.94. The number of halogens is 1. The first kappa shape index (κ1) is 11.8. The summed E-state index contributed by atoms with van der Waals surface area (Å²) in [6, 6.07) is 5.22. The van der Waals surface area contributed by atoms with Crippen molar-refractivity contribution in [1.29, 1.82) is 0 Å². The lowest BCUT2D eigenvalue weighted by molar-refractivity contribution is 0.595. The maximum absolute atomic E-state index is 12.3. The van der Waals surface area contributed by atoms with Gasteiger partial charge < -0.3 is 5.32 Å². The van der Waals surface area contributed by atoms with Gasteiger partial charge in [-0.1, -0.05) is 12.1 Å². The molecule has 16 heavy (non-hydrogen) atoms. The average Bonchev–Trinajstić information content (AvgIpc) is 2.50. The second-order valence-corrected chi connectivity index (χ2v) is 6.46. The summed E-state index contributed by atoms with van der Waals surface area (Å²) < 4.78 is 25.2. The van der Waals surface area contributed by atoms with E-state index in [2.05, 4.69) is 21.2 Å². The molecule has 0 spiro atoms. The number of rotatable bonds is 2. The van der Waals surface area contributed by atoms with Gasteiger partial charge in [-0.3, -0.25) is 0 Å². The molecule has 1 unspecified atom stereocenters. The topological polar surface area (TPSA) is 46.2 Å². The van der Waals surface area contributed by atoms with Crippen LogP contribution in [0.15, 0.2) is 32.5 Å². The van der Waals surface area contributed by atoms with E-state index in [0.717, 1.165) is 5.56 Å². The molecule has 1 N–H and O–H groups in total. The largest absolute Gasteiger partial charge is 0.313 e. The molecule has 0 aliphatic carbocycles. The smallest absolute Gasteiger partial charge is 0.206 e. The number of hydrogen-bond acceptors (Lipinski definition) is 3. The highest BCUT2D eigenvalue weighted by Gasteiger charge is 2.33. The first-order valence-corrected chi connectivity index (χ1v) is 7.18. The SMILES string of the molecule is CNC(C)C1=Cc2cccc(Br)c2S1(=O)=O. The Morgan fingerprint density at radius 1 is 1.38 bits per heavy atom. The van der Waals surface area contributed by atoms with E-state index in [-0.39, 0.29) is 6.04 Å². The Balaban J connectivity index is 2.65. The van der Waals surface area contributed by atoms with Crippen molar-refractivity contribution in [3.05, 3.63) is 33.1 Å². The van der Waals surface area contributed by atoms with Crippen molar-refractivity contribution in [2.45, 2.75) is 17.9 Å². The van der Waals surface area contributed by atoms with Crippen LogP contribution in [0.3, 0.4) is 0 Å². The zero-order valence-corrected chi connectivity index (χ0v) is 11.4. The molecule has 1 aromatic rings. The number of sulfone groups is 1. The molecule has 86 valence electrons. The standard InChI is InChI=1S/C11H12BrNO2S/c1-7(13-2)10-6-8-4-3-5-9(12)11(8)16(10,14)15/h3-7,13H,1-2H3. The second kappa shape index (κ2) is 3.98. The van der Waals surface area contributed by atoms with Crippen LogP contribution in [-0.4, -0.2) is 21.5 Å². The van der Waals surface area contributed by atoms with Gasteiger partial charge >= 0.3 is 0 Å². The Morgan fingerprint density at radius 3 is 2.62 bits per heavy atom. The lowest BCUT2D eigenvalue weighted by Crippen LogP contribution is -2.26. The number of fused-ring (bicyclic) bond motifs is 1. The summed E-state index contributed by atoms with van der Waals surface area (Å²) in [4.78, 5) is 0.809. The quantitative estimate of drug-likeness (QED) is 0.911. The Bertz CT molecular complexity index is 563. The average molecular weight is 302 g/mol. The van der Waals surface area contributed by atoms with Gasteiger partial charge in [-0.2, -0.15) is 0 Å². The Hall–Kier alpha value is -0.650. The normalized spacial score (nSPS) is 19.1. The van der Waals surface area contributed by atoms with Gasteiger partial charge in [0.15, 0.2) is 0 Å². The highest BCUT2D eigenvalue weighted by Crippen LogP contribution is 2.38. The van der Waals surface area contributed by atoms with Crippen molar-refractivity contribution < 1.29 is 8.42 Å². The molecule has 1 aliphatic rings. The second-order valence-electron chi connectivity index (χ2n) is 3.72. The van der Waals surface area contributed by atoms with Crippen molar-refractivity contribution in [1.82, 2.24) is 5.32 Å². The monoisotopic (exact) mass is 301 g/mol. The fraction of sp³-hybridized carbons (Fsp3) is 0.273. The lowest BCUT2D eigenvalue weighted by atomic mass is 10.2. The maximum atomic E-state index is 12.3. The van der Waals surface area contributed by atoms with E-state index >= 15 is 0 Å². The van der Waals surface area contributed by atoms with Crippen LogP contribution in [0.1, 0.15) is 12.5 Å². The van der Waals surface area contributed by atoms with Gasteiger partial charge in [-0.25, -0.2) is 8.42 Å². The minimum atomic E-state index is -3.34. The molecular formula is C11H12BrNO2S. The van der Waals surface area contributed by atoms with E-state index in [9.17, 15) is 8.42 Å². The number of nitrogens with one attached hydrogen (secondary N) is 1. The van der Waals surface area contributed by atoms with Gasteiger partial charge in [0.25, 0.3) is 0 Å². The number of hydrogen-bond donors (Lipinski definition) is 1. The summed E-state index contributed by atoms with van der Waals surface area (Å²) in [6.45, 7) is 1.84. The molecule has 0 radical (unpaired) electrons. The van der Waals surface area contributed by atoms with Crippen molar-refractivity contribution in [2.24, 2.45) is 0 Å². The highest BCUT2D eigenvalue weighted by molar-refractivity contribution is 9.10. The molecule has 1 atom stereocenters. The predicted octanol–water partition coefficient (Wildman–Crippen LogP) is 2.19. The summed E-state index contributed by atoms with van der Waals surface area (Å²) in [5, 5.41) is 2.95. The van der Waals surface area contributed by atoms with E-state index in [0.29, 0.717) is 14.3 Å². The molecule has 0 saturated heterocycles. The fourth-order valence-corrected chi connectivity index (χ4v) is 4.66. The molecule has 3 nitrogen and oxygen atoms in total. The fourth-order valence-electron chi connectivity index (χ4n) is 1.77. The molecule has 1 heterocycles.